The molecule has 2 saturated heterocycles. The topological polar surface area (TPSA) is 71.4 Å². The molecule has 2 aliphatic heterocycles. The normalized spacial score (nSPS) is 21.9. The summed E-state index contributed by atoms with van der Waals surface area (Å²) in [4.78, 5) is 14.7. The third kappa shape index (κ3) is 6.11. The first kappa shape index (κ1) is 22.2. The lowest BCUT2D eigenvalue weighted by molar-refractivity contribution is -0.117. The van der Waals surface area contributed by atoms with Crippen molar-refractivity contribution in [2.24, 2.45) is 0 Å². The Morgan fingerprint density at radius 1 is 1.40 bits per heavy atom. The van der Waals surface area contributed by atoms with E-state index in [-0.39, 0.29) is 36.8 Å². The summed E-state index contributed by atoms with van der Waals surface area (Å²) < 4.78 is 7.41. The molecule has 0 radical (unpaired) electrons. The van der Waals surface area contributed by atoms with E-state index in [1.807, 2.05) is 17.7 Å². The molecule has 0 bridgehead atoms. The largest absolute Gasteiger partial charge is 0.378 e. The van der Waals surface area contributed by atoms with Crippen LogP contribution in [-0.4, -0.2) is 66.5 Å². The Kier molecular flexibility index (Phi) is 9.16. The van der Waals surface area contributed by atoms with Crippen LogP contribution in [0.3, 0.4) is 0 Å². The number of piperidine rings is 1. The summed E-state index contributed by atoms with van der Waals surface area (Å²) in [5, 5.41) is 11.0. The summed E-state index contributed by atoms with van der Waals surface area (Å²) in [5.41, 5.74) is 0.943. The lowest BCUT2D eigenvalue weighted by Gasteiger charge is -2.30. The minimum Gasteiger partial charge on any atom is -0.378 e. The molecule has 1 aromatic rings. The first-order chi connectivity index (χ1) is 11.1. The summed E-state index contributed by atoms with van der Waals surface area (Å²) >= 11 is 0. The maximum absolute atomic E-state index is 12.3. The molecule has 3 rings (SSSR count). The van der Waals surface area contributed by atoms with E-state index in [1.165, 1.54) is 0 Å². The van der Waals surface area contributed by atoms with Gasteiger partial charge < -0.3 is 20.3 Å². The third-order valence-corrected chi connectivity index (χ3v) is 4.59. The molecule has 3 heterocycles. The monoisotopic (exact) mass is 393 g/mol. The average molecular weight is 394 g/mol. The number of rotatable bonds is 4. The van der Waals surface area contributed by atoms with Gasteiger partial charge in [0, 0.05) is 25.1 Å². The molecule has 1 unspecified atom stereocenters. The Morgan fingerprint density at radius 2 is 2.12 bits per heavy atom. The molecule has 0 saturated carbocycles. The minimum atomic E-state index is 0. The van der Waals surface area contributed by atoms with Crippen LogP contribution in [0.15, 0.2) is 6.07 Å². The quantitative estimate of drug-likeness (QED) is 0.812. The highest BCUT2D eigenvalue weighted by Crippen LogP contribution is 2.25. The number of aryl methyl sites for hydroxylation is 1. The molecule has 144 valence electrons. The van der Waals surface area contributed by atoms with Crippen molar-refractivity contribution in [3.8, 4) is 0 Å². The van der Waals surface area contributed by atoms with Crippen molar-refractivity contribution >= 4 is 36.5 Å². The average Bonchev–Trinajstić information content (AvgIpc) is 2.89. The van der Waals surface area contributed by atoms with E-state index in [9.17, 15) is 4.79 Å². The molecular formula is C16H29Cl2N5O2. The van der Waals surface area contributed by atoms with Crippen molar-refractivity contribution in [2.75, 3.05) is 45.2 Å². The second-order valence-corrected chi connectivity index (χ2v) is 6.63. The molecule has 1 amide bonds. The predicted octanol–water partition coefficient (Wildman–Crippen LogP) is 1.62. The van der Waals surface area contributed by atoms with Gasteiger partial charge in [0.1, 0.15) is 5.82 Å². The molecule has 25 heavy (non-hydrogen) atoms. The number of nitrogens with one attached hydrogen (secondary N) is 2. The number of nitrogens with zero attached hydrogens (tertiary/aromatic N) is 3. The van der Waals surface area contributed by atoms with Crippen molar-refractivity contribution in [2.45, 2.75) is 38.3 Å². The number of carbonyl (C=O) groups is 1. The number of likely N-dealkylation sites (tertiary alicyclic amines) is 1. The Morgan fingerprint density at radius 3 is 2.76 bits per heavy atom. The first-order valence-corrected chi connectivity index (χ1v) is 8.47. The van der Waals surface area contributed by atoms with Gasteiger partial charge in [-0.05, 0) is 39.9 Å². The van der Waals surface area contributed by atoms with Crippen LogP contribution in [0, 0.1) is 6.92 Å². The Labute approximate surface area is 161 Å². The zero-order valence-electron chi connectivity index (χ0n) is 14.9. The number of anilines is 1. The molecule has 2 aliphatic rings. The predicted molar refractivity (Wildman–Crippen MR) is 103 cm³/mol. The van der Waals surface area contributed by atoms with Gasteiger partial charge >= 0.3 is 0 Å². The second kappa shape index (κ2) is 10.3. The molecular weight excluding hydrogens is 365 g/mol. The smallest absolute Gasteiger partial charge is 0.227 e. The molecule has 0 spiro atoms. The van der Waals surface area contributed by atoms with E-state index in [1.54, 1.807) is 0 Å². The summed E-state index contributed by atoms with van der Waals surface area (Å²) in [5.74, 6) is 0.834. The lowest BCUT2D eigenvalue weighted by Crippen LogP contribution is -2.43. The highest BCUT2D eigenvalue weighted by Gasteiger charge is 2.23. The molecule has 1 aromatic heterocycles. The fourth-order valence-corrected chi connectivity index (χ4v) is 3.30. The summed E-state index contributed by atoms with van der Waals surface area (Å²) in [6.07, 6.45) is 2.56. The molecule has 9 heteroatoms. The lowest BCUT2D eigenvalue weighted by atomic mass is 10.1. The molecule has 0 aliphatic carbocycles. The standard InChI is InChI=1S/C16H27N5O2.2ClH/c1-12-9-15(18-16(22)10-13-11-23-8-5-17-13)21(19-12)14-3-6-20(2)7-4-14;;/h9,13-14,17H,3-8,10-11H2,1-2H3,(H,18,22);2*1H. The fourth-order valence-electron chi connectivity index (χ4n) is 3.30. The zero-order chi connectivity index (χ0) is 16.2. The van der Waals surface area contributed by atoms with Crippen LogP contribution in [0.5, 0.6) is 0 Å². The van der Waals surface area contributed by atoms with Crippen molar-refractivity contribution in [3.05, 3.63) is 11.8 Å². The molecule has 7 nitrogen and oxygen atoms in total. The first-order valence-electron chi connectivity index (χ1n) is 8.47. The number of morpholine rings is 1. The summed E-state index contributed by atoms with van der Waals surface area (Å²) in [6, 6.07) is 2.43. The zero-order valence-corrected chi connectivity index (χ0v) is 16.5. The molecule has 0 aromatic carbocycles. The third-order valence-electron chi connectivity index (χ3n) is 4.59. The van der Waals surface area contributed by atoms with Crippen LogP contribution >= 0.6 is 24.8 Å². The Hall–Kier alpha value is -0.860. The van der Waals surface area contributed by atoms with Crippen LogP contribution in [0.25, 0.3) is 0 Å². The summed E-state index contributed by atoms with van der Waals surface area (Å²) in [7, 11) is 2.15. The number of aromatic nitrogens is 2. The minimum absolute atomic E-state index is 0. The van der Waals surface area contributed by atoms with E-state index < -0.39 is 0 Å². The van der Waals surface area contributed by atoms with E-state index in [4.69, 9.17) is 4.74 Å². The number of hydrogen-bond acceptors (Lipinski definition) is 5. The molecule has 2 N–H and O–H groups in total. The van der Waals surface area contributed by atoms with E-state index >= 15 is 0 Å². The van der Waals surface area contributed by atoms with Gasteiger partial charge in [0.15, 0.2) is 0 Å². The maximum Gasteiger partial charge on any atom is 0.227 e. The maximum atomic E-state index is 12.3. The SMILES string of the molecule is Cc1cc(NC(=O)CC2COCCN2)n(C2CCN(C)CC2)n1.Cl.Cl. The molecule has 2 fully saturated rings. The van der Waals surface area contributed by atoms with Gasteiger partial charge in [0.05, 0.1) is 24.9 Å². The van der Waals surface area contributed by atoms with Crippen molar-refractivity contribution in [3.63, 3.8) is 0 Å². The van der Waals surface area contributed by atoms with Crippen LogP contribution in [0.2, 0.25) is 0 Å². The van der Waals surface area contributed by atoms with Crippen molar-refractivity contribution < 1.29 is 9.53 Å². The van der Waals surface area contributed by atoms with Crippen LogP contribution < -0.4 is 10.6 Å². The highest BCUT2D eigenvalue weighted by molar-refractivity contribution is 5.90. The van der Waals surface area contributed by atoms with Crippen molar-refractivity contribution in [1.82, 2.24) is 20.0 Å². The Balaban J connectivity index is 0.00000156. The number of ether oxygens (including phenoxy) is 1. The number of amides is 1. The van der Waals surface area contributed by atoms with E-state index in [0.29, 0.717) is 19.1 Å². The van der Waals surface area contributed by atoms with Gasteiger partial charge in [-0.15, -0.1) is 24.8 Å². The Bertz CT molecular complexity index is 541. The molecule has 1 atom stereocenters. The van der Waals surface area contributed by atoms with Gasteiger partial charge in [-0.25, -0.2) is 4.68 Å². The summed E-state index contributed by atoms with van der Waals surface area (Å²) in [6.45, 7) is 6.24. The highest BCUT2D eigenvalue weighted by atomic mass is 35.5. The van der Waals surface area contributed by atoms with Gasteiger partial charge in [0.2, 0.25) is 5.91 Å². The van der Waals surface area contributed by atoms with Gasteiger partial charge in [-0.2, -0.15) is 5.10 Å². The van der Waals surface area contributed by atoms with Gasteiger partial charge in [0.25, 0.3) is 0 Å². The number of halogens is 2. The number of hydrogen-bond donors (Lipinski definition) is 2. The van der Waals surface area contributed by atoms with Crippen LogP contribution in [0.4, 0.5) is 5.82 Å². The van der Waals surface area contributed by atoms with Crippen LogP contribution in [0.1, 0.15) is 31.0 Å². The van der Waals surface area contributed by atoms with Gasteiger partial charge in [-0.1, -0.05) is 0 Å². The second-order valence-electron chi connectivity index (χ2n) is 6.63. The van der Waals surface area contributed by atoms with E-state index in [2.05, 4.69) is 27.7 Å². The van der Waals surface area contributed by atoms with Crippen LogP contribution in [-0.2, 0) is 9.53 Å². The fraction of sp³-hybridized carbons (Fsp3) is 0.750. The van der Waals surface area contributed by atoms with Crippen molar-refractivity contribution in [1.29, 1.82) is 0 Å². The van der Waals surface area contributed by atoms with Gasteiger partial charge in [-0.3, -0.25) is 4.79 Å². The number of carbonyl (C=O) groups excluding carboxylic acids is 1. The van der Waals surface area contributed by atoms with E-state index in [0.717, 1.165) is 50.6 Å².